The van der Waals surface area contributed by atoms with Gasteiger partial charge in [-0.25, -0.2) is 4.79 Å². The SMILES string of the molecule is O=C(O)C(c1ccccc1Br)N1CC(CS(=O)(=O)F)CC1=O. The van der Waals surface area contributed by atoms with Crippen LogP contribution in [0.25, 0.3) is 0 Å². The summed E-state index contributed by atoms with van der Waals surface area (Å²) in [5, 5.41) is 9.44. The van der Waals surface area contributed by atoms with E-state index >= 15 is 0 Å². The molecule has 0 spiro atoms. The number of carbonyl (C=O) groups excluding carboxylic acids is 1. The molecular weight excluding hydrogens is 381 g/mol. The minimum Gasteiger partial charge on any atom is -0.479 e. The molecule has 0 aliphatic carbocycles. The average molecular weight is 394 g/mol. The molecule has 0 radical (unpaired) electrons. The highest BCUT2D eigenvalue weighted by molar-refractivity contribution is 9.10. The Balaban J connectivity index is 2.29. The zero-order valence-corrected chi connectivity index (χ0v) is 13.7. The van der Waals surface area contributed by atoms with Crippen molar-refractivity contribution in [3.63, 3.8) is 0 Å². The van der Waals surface area contributed by atoms with Gasteiger partial charge in [-0.05, 0) is 6.07 Å². The lowest BCUT2D eigenvalue weighted by molar-refractivity contribution is -0.148. The van der Waals surface area contributed by atoms with E-state index in [-0.39, 0.29) is 13.0 Å². The summed E-state index contributed by atoms with van der Waals surface area (Å²) in [6.45, 7) is -0.111. The van der Waals surface area contributed by atoms with Gasteiger partial charge >= 0.3 is 16.2 Å². The Morgan fingerprint density at radius 1 is 1.45 bits per heavy atom. The van der Waals surface area contributed by atoms with Crippen LogP contribution in [0.1, 0.15) is 18.0 Å². The minimum atomic E-state index is -4.71. The van der Waals surface area contributed by atoms with Gasteiger partial charge in [0, 0.05) is 28.9 Å². The molecule has 120 valence electrons. The second-order valence-corrected chi connectivity index (χ2v) is 7.35. The third-order valence-electron chi connectivity index (χ3n) is 3.42. The Morgan fingerprint density at radius 2 is 2.09 bits per heavy atom. The topological polar surface area (TPSA) is 91.8 Å². The number of carboxylic acids is 1. The van der Waals surface area contributed by atoms with Gasteiger partial charge in [-0.2, -0.15) is 8.42 Å². The molecule has 0 saturated carbocycles. The number of hydrogen-bond donors (Lipinski definition) is 1. The molecule has 1 aliphatic rings. The highest BCUT2D eigenvalue weighted by Crippen LogP contribution is 2.33. The monoisotopic (exact) mass is 393 g/mol. The molecule has 9 heteroatoms. The summed E-state index contributed by atoms with van der Waals surface area (Å²) in [7, 11) is -4.71. The summed E-state index contributed by atoms with van der Waals surface area (Å²) >= 11 is 3.24. The van der Waals surface area contributed by atoms with Crippen LogP contribution in [0.15, 0.2) is 28.7 Å². The molecule has 1 amide bonds. The molecular formula is C13H13BrFNO5S. The Bertz CT molecular complexity index is 708. The van der Waals surface area contributed by atoms with Crippen LogP contribution in [0.2, 0.25) is 0 Å². The van der Waals surface area contributed by atoms with Gasteiger partial charge in [0.1, 0.15) is 0 Å². The third-order valence-corrected chi connectivity index (χ3v) is 5.01. The maximum absolute atomic E-state index is 12.8. The predicted octanol–water partition coefficient (Wildman–Crippen LogP) is 1.72. The number of carbonyl (C=O) groups is 2. The zero-order chi connectivity index (χ0) is 16.5. The Hall–Kier alpha value is -1.48. The van der Waals surface area contributed by atoms with Crippen molar-refractivity contribution >= 4 is 38.0 Å². The van der Waals surface area contributed by atoms with Crippen molar-refractivity contribution in [2.45, 2.75) is 12.5 Å². The predicted molar refractivity (Wildman–Crippen MR) is 79.2 cm³/mol. The lowest BCUT2D eigenvalue weighted by Crippen LogP contribution is -2.35. The van der Waals surface area contributed by atoms with Crippen LogP contribution in [-0.4, -0.2) is 42.6 Å². The maximum Gasteiger partial charge on any atom is 0.331 e. The smallest absolute Gasteiger partial charge is 0.331 e. The number of likely N-dealkylation sites (tertiary alicyclic amines) is 1. The Morgan fingerprint density at radius 3 is 2.64 bits per heavy atom. The lowest BCUT2D eigenvalue weighted by atomic mass is 10.1. The molecule has 1 N–H and O–H groups in total. The van der Waals surface area contributed by atoms with E-state index in [1.54, 1.807) is 24.3 Å². The molecule has 0 bridgehead atoms. The number of halogens is 2. The summed E-state index contributed by atoms with van der Waals surface area (Å²) in [5.41, 5.74) is 0.382. The van der Waals surface area contributed by atoms with Gasteiger partial charge in [-0.3, -0.25) is 4.79 Å². The van der Waals surface area contributed by atoms with Gasteiger partial charge in [-0.1, -0.05) is 34.1 Å². The van der Waals surface area contributed by atoms with Crippen molar-refractivity contribution in [3.8, 4) is 0 Å². The van der Waals surface area contributed by atoms with E-state index < -0.39 is 39.8 Å². The highest BCUT2D eigenvalue weighted by Gasteiger charge is 2.40. The van der Waals surface area contributed by atoms with E-state index in [1.165, 1.54) is 0 Å². The lowest BCUT2D eigenvalue weighted by Gasteiger charge is -2.25. The number of amides is 1. The van der Waals surface area contributed by atoms with Crippen LogP contribution in [-0.2, 0) is 19.8 Å². The van der Waals surface area contributed by atoms with Gasteiger partial charge in [0.15, 0.2) is 6.04 Å². The zero-order valence-electron chi connectivity index (χ0n) is 11.3. The summed E-state index contributed by atoms with van der Waals surface area (Å²) < 4.78 is 34.7. The van der Waals surface area contributed by atoms with Gasteiger partial charge < -0.3 is 10.0 Å². The molecule has 1 aromatic carbocycles. The highest BCUT2D eigenvalue weighted by atomic mass is 79.9. The summed E-state index contributed by atoms with van der Waals surface area (Å²) in [6.07, 6.45) is -0.183. The number of benzene rings is 1. The number of nitrogens with zero attached hydrogens (tertiary/aromatic N) is 1. The molecule has 1 fully saturated rings. The molecule has 1 aliphatic heterocycles. The molecule has 2 atom stereocenters. The Kier molecular flexibility index (Phi) is 4.86. The van der Waals surface area contributed by atoms with Crippen LogP contribution in [0.3, 0.4) is 0 Å². The van der Waals surface area contributed by atoms with E-state index in [0.29, 0.717) is 10.0 Å². The van der Waals surface area contributed by atoms with Crippen LogP contribution in [0.4, 0.5) is 3.89 Å². The second kappa shape index (κ2) is 6.33. The molecule has 0 aromatic heterocycles. The van der Waals surface area contributed by atoms with Crippen LogP contribution >= 0.6 is 15.9 Å². The van der Waals surface area contributed by atoms with Crippen molar-refractivity contribution < 1.29 is 27.0 Å². The van der Waals surface area contributed by atoms with E-state index in [4.69, 9.17) is 0 Å². The molecule has 2 unspecified atom stereocenters. The maximum atomic E-state index is 12.8. The fraction of sp³-hybridized carbons (Fsp3) is 0.385. The van der Waals surface area contributed by atoms with Crippen LogP contribution in [0.5, 0.6) is 0 Å². The summed E-state index contributed by atoms with van der Waals surface area (Å²) in [4.78, 5) is 24.7. The first-order valence-electron chi connectivity index (χ1n) is 6.38. The van der Waals surface area contributed by atoms with Crippen molar-refractivity contribution in [2.75, 3.05) is 12.3 Å². The normalized spacial score (nSPS) is 20.2. The van der Waals surface area contributed by atoms with E-state index in [1.807, 2.05) is 0 Å². The van der Waals surface area contributed by atoms with Gasteiger partial charge in [0.05, 0.1) is 5.75 Å². The molecule has 22 heavy (non-hydrogen) atoms. The molecule has 2 rings (SSSR count). The van der Waals surface area contributed by atoms with E-state index in [0.717, 1.165) is 4.90 Å². The number of rotatable bonds is 5. The molecule has 1 heterocycles. The number of hydrogen-bond acceptors (Lipinski definition) is 4. The van der Waals surface area contributed by atoms with Crippen LogP contribution < -0.4 is 0 Å². The first kappa shape index (κ1) is 16.9. The van der Waals surface area contributed by atoms with Gasteiger partial charge in [-0.15, -0.1) is 3.89 Å². The molecule has 1 saturated heterocycles. The fourth-order valence-electron chi connectivity index (χ4n) is 2.58. The minimum absolute atomic E-state index is 0.111. The Labute approximate surface area is 135 Å². The second-order valence-electron chi connectivity index (χ2n) is 5.08. The van der Waals surface area contributed by atoms with Crippen molar-refractivity contribution in [2.24, 2.45) is 5.92 Å². The molecule has 1 aromatic rings. The standard InChI is InChI=1S/C13H13BrFNO5S/c14-10-4-2-1-3-9(10)12(13(18)19)16-6-8(5-11(16)17)7-22(15,20)21/h1-4,8,12H,5-7H2,(H,18,19). The molecule has 6 nitrogen and oxygen atoms in total. The summed E-state index contributed by atoms with van der Waals surface area (Å²) in [6, 6.07) is 5.32. The van der Waals surface area contributed by atoms with Crippen molar-refractivity contribution in [1.29, 1.82) is 0 Å². The fourth-order valence-corrected chi connectivity index (χ4v) is 3.87. The van der Waals surface area contributed by atoms with Crippen molar-refractivity contribution in [1.82, 2.24) is 4.90 Å². The third kappa shape index (κ3) is 3.83. The first-order chi connectivity index (χ1) is 10.2. The largest absolute Gasteiger partial charge is 0.479 e. The number of aliphatic carboxylic acids is 1. The van der Waals surface area contributed by atoms with E-state index in [2.05, 4.69) is 15.9 Å². The summed E-state index contributed by atoms with van der Waals surface area (Å²) in [5.74, 6) is -3.26. The van der Waals surface area contributed by atoms with Gasteiger partial charge in [0.2, 0.25) is 5.91 Å². The van der Waals surface area contributed by atoms with E-state index in [9.17, 15) is 27.0 Å². The quantitative estimate of drug-likeness (QED) is 0.768. The van der Waals surface area contributed by atoms with Gasteiger partial charge in [0.25, 0.3) is 0 Å². The first-order valence-corrected chi connectivity index (χ1v) is 8.72. The number of carboxylic acid groups (broad SMARTS) is 1. The van der Waals surface area contributed by atoms with Crippen molar-refractivity contribution in [3.05, 3.63) is 34.3 Å². The average Bonchev–Trinajstić information content (AvgIpc) is 2.70. The van der Waals surface area contributed by atoms with Crippen LogP contribution in [0, 0.1) is 5.92 Å².